The zero-order chi connectivity index (χ0) is 10.6. The molecule has 74 valence electrons. The summed E-state index contributed by atoms with van der Waals surface area (Å²) in [5.41, 5.74) is 1.61. The molecule has 0 fully saturated rings. The van der Waals surface area contributed by atoms with E-state index in [1.54, 1.807) is 6.20 Å². The van der Waals surface area contributed by atoms with Crippen LogP contribution in [0.2, 0.25) is 0 Å². The van der Waals surface area contributed by atoms with Crippen molar-refractivity contribution in [1.29, 1.82) is 0 Å². The Morgan fingerprint density at radius 3 is 2.86 bits per heavy atom. The largest absolute Gasteiger partial charge is 0.356 e. The molecule has 1 heterocycles. The van der Waals surface area contributed by atoms with Gasteiger partial charge in [0.25, 0.3) is 0 Å². The van der Waals surface area contributed by atoms with Crippen LogP contribution >= 0.6 is 0 Å². The molecule has 0 amide bonds. The minimum Gasteiger partial charge on any atom is -0.356 e. The number of aldehydes is 1. The van der Waals surface area contributed by atoms with Crippen LogP contribution in [0.25, 0.3) is 0 Å². The Morgan fingerprint density at radius 1 is 1.64 bits per heavy atom. The van der Waals surface area contributed by atoms with Crippen molar-refractivity contribution in [2.24, 2.45) is 0 Å². The number of carbonyl (C=O) groups excluding carboxylic acids is 1. The van der Waals surface area contributed by atoms with Crippen molar-refractivity contribution in [2.75, 3.05) is 18.5 Å². The van der Waals surface area contributed by atoms with Crippen molar-refractivity contribution in [3.05, 3.63) is 36.0 Å². The lowest BCUT2D eigenvalue weighted by molar-refractivity contribution is 0.112. The second kappa shape index (κ2) is 4.56. The monoisotopic (exact) mass is 190 g/mol. The summed E-state index contributed by atoms with van der Waals surface area (Å²) in [5, 5.41) is 0. The number of aromatic nitrogens is 1. The van der Waals surface area contributed by atoms with Crippen LogP contribution in [0.15, 0.2) is 24.9 Å². The Kier molecular flexibility index (Phi) is 3.40. The van der Waals surface area contributed by atoms with Crippen LogP contribution in [0.3, 0.4) is 0 Å². The summed E-state index contributed by atoms with van der Waals surface area (Å²) >= 11 is 0. The predicted octanol–water partition coefficient (Wildman–Crippen LogP) is 1.82. The minimum absolute atomic E-state index is 0.609. The lowest BCUT2D eigenvalue weighted by atomic mass is 10.2. The van der Waals surface area contributed by atoms with Crippen molar-refractivity contribution in [3.8, 4) is 0 Å². The number of aryl methyl sites for hydroxylation is 1. The lowest BCUT2D eigenvalue weighted by Crippen LogP contribution is -2.19. The summed E-state index contributed by atoms with van der Waals surface area (Å²) in [4.78, 5) is 16.7. The summed E-state index contributed by atoms with van der Waals surface area (Å²) in [6, 6.07) is 1.83. The molecule has 0 aliphatic rings. The molecule has 0 saturated heterocycles. The third-order valence-electron chi connectivity index (χ3n) is 1.97. The van der Waals surface area contributed by atoms with Crippen LogP contribution in [0, 0.1) is 6.92 Å². The Hall–Kier alpha value is -1.64. The lowest BCUT2D eigenvalue weighted by Gasteiger charge is -2.17. The Bertz CT molecular complexity index is 347. The van der Waals surface area contributed by atoms with Gasteiger partial charge < -0.3 is 4.90 Å². The molecular formula is C11H14N2O. The van der Waals surface area contributed by atoms with Gasteiger partial charge in [0.2, 0.25) is 0 Å². The van der Waals surface area contributed by atoms with E-state index in [0.29, 0.717) is 5.56 Å². The van der Waals surface area contributed by atoms with E-state index in [4.69, 9.17) is 0 Å². The minimum atomic E-state index is 0.609. The van der Waals surface area contributed by atoms with Crippen molar-refractivity contribution >= 4 is 12.1 Å². The number of hydrogen-bond acceptors (Lipinski definition) is 3. The molecule has 3 heteroatoms. The number of rotatable bonds is 4. The van der Waals surface area contributed by atoms with Gasteiger partial charge in [-0.15, -0.1) is 6.58 Å². The van der Waals surface area contributed by atoms with E-state index in [9.17, 15) is 4.79 Å². The van der Waals surface area contributed by atoms with Crippen LogP contribution in [-0.4, -0.2) is 24.9 Å². The summed E-state index contributed by atoms with van der Waals surface area (Å²) in [6.45, 7) is 6.35. The highest BCUT2D eigenvalue weighted by molar-refractivity contribution is 5.75. The molecule has 0 aliphatic heterocycles. The topological polar surface area (TPSA) is 33.2 Å². The van der Waals surface area contributed by atoms with Gasteiger partial charge in [0.1, 0.15) is 5.82 Å². The smallest absolute Gasteiger partial charge is 0.151 e. The molecule has 1 aromatic heterocycles. The van der Waals surface area contributed by atoms with E-state index in [1.807, 2.05) is 31.0 Å². The number of hydrogen-bond donors (Lipinski definition) is 0. The Balaban J connectivity index is 2.98. The van der Waals surface area contributed by atoms with Gasteiger partial charge in [-0.05, 0) is 18.6 Å². The molecule has 0 saturated carbocycles. The SMILES string of the molecule is C=CCN(C)c1ncc(C=O)cc1C. The number of likely N-dealkylation sites (N-methyl/N-ethyl adjacent to an activating group) is 1. The maximum atomic E-state index is 10.5. The third kappa shape index (κ3) is 2.19. The molecule has 0 spiro atoms. The molecule has 0 aromatic carbocycles. The molecule has 0 N–H and O–H groups in total. The first-order valence-corrected chi connectivity index (χ1v) is 4.43. The van der Waals surface area contributed by atoms with Crippen molar-refractivity contribution in [2.45, 2.75) is 6.92 Å². The first-order chi connectivity index (χ1) is 6.69. The highest BCUT2D eigenvalue weighted by Crippen LogP contribution is 2.15. The normalized spacial score (nSPS) is 9.57. The second-order valence-electron chi connectivity index (χ2n) is 3.20. The third-order valence-corrected chi connectivity index (χ3v) is 1.97. The number of carbonyl (C=O) groups is 1. The van der Waals surface area contributed by atoms with E-state index in [1.165, 1.54) is 0 Å². The highest BCUT2D eigenvalue weighted by Gasteiger charge is 2.04. The molecule has 0 bridgehead atoms. The van der Waals surface area contributed by atoms with Crippen LogP contribution in [0.5, 0.6) is 0 Å². The highest BCUT2D eigenvalue weighted by atomic mass is 16.1. The van der Waals surface area contributed by atoms with Crippen LogP contribution in [-0.2, 0) is 0 Å². The van der Waals surface area contributed by atoms with Crippen LogP contribution < -0.4 is 4.90 Å². The molecule has 0 unspecified atom stereocenters. The van der Waals surface area contributed by atoms with Gasteiger partial charge >= 0.3 is 0 Å². The molecule has 0 atom stereocenters. The van der Waals surface area contributed by atoms with E-state index in [2.05, 4.69) is 11.6 Å². The summed E-state index contributed by atoms with van der Waals surface area (Å²) < 4.78 is 0. The Labute approximate surface area is 84.1 Å². The zero-order valence-electron chi connectivity index (χ0n) is 8.53. The van der Waals surface area contributed by atoms with Gasteiger partial charge in [-0.3, -0.25) is 4.79 Å². The van der Waals surface area contributed by atoms with Gasteiger partial charge in [0, 0.05) is 25.4 Å². The zero-order valence-corrected chi connectivity index (χ0v) is 8.53. The molecule has 0 radical (unpaired) electrons. The fourth-order valence-electron chi connectivity index (χ4n) is 1.33. The fraction of sp³-hybridized carbons (Fsp3) is 0.273. The molecule has 1 rings (SSSR count). The Morgan fingerprint density at radius 2 is 2.36 bits per heavy atom. The maximum absolute atomic E-state index is 10.5. The van der Waals surface area contributed by atoms with Gasteiger partial charge in [-0.2, -0.15) is 0 Å². The van der Waals surface area contributed by atoms with Crippen LogP contribution in [0.1, 0.15) is 15.9 Å². The standard InChI is InChI=1S/C11H14N2O/c1-4-5-13(3)11-9(2)6-10(8-14)7-12-11/h4,6-8H,1,5H2,2-3H3. The van der Waals surface area contributed by atoms with Crippen molar-refractivity contribution in [1.82, 2.24) is 4.98 Å². The van der Waals surface area contributed by atoms with E-state index in [0.717, 1.165) is 24.2 Å². The van der Waals surface area contributed by atoms with Gasteiger partial charge in [-0.25, -0.2) is 4.98 Å². The van der Waals surface area contributed by atoms with E-state index in [-0.39, 0.29) is 0 Å². The molecule has 1 aromatic rings. The molecule has 0 aliphatic carbocycles. The number of anilines is 1. The van der Waals surface area contributed by atoms with Gasteiger partial charge in [0.05, 0.1) is 0 Å². The van der Waals surface area contributed by atoms with Gasteiger partial charge in [0.15, 0.2) is 6.29 Å². The quantitative estimate of drug-likeness (QED) is 0.536. The van der Waals surface area contributed by atoms with Crippen LogP contribution in [0.4, 0.5) is 5.82 Å². The van der Waals surface area contributed by atoms with E-state index >= 15 is 0 Å². The van der Waals surface area contributed by atoms with Crippen molar-refractivity contribution < 1.29 is 4.79 Å². The van der Waals surface area contributed by atoms with Crippen molar-refractivity contribution in [3.63, 3.8) is 0 Å². The molecule has 3 nitrogen and oxygen atoms in total. The maximum Gasteiger partial charge on any atom is 0.151 e. The molecule has 14 heavy (non-hydrogen) atoms. The summed E-state index contributed by atoms with van der Waals surface area (Å²) in [7, 11) is 1.94. The first kappa shape index (κ1) is 10.4. The molecular weight excluding hydrogens is 176 g/mol. The number of pyridine rings is 1. The average molecular weight is 190 g/mol. The fourth-order valence-corrected chi connectivity index (χ4v) is 1.33. The number of nitrogens with zero attached hydrogens (tertiary/aromatic N) is 2. The predicted molar refractivity (Wildman–Crippen MR) is 57.8 cm³/mol. The average Bonchev–Trinajstić information content (AvgIpc) is 2.17. The summed E-state index contributed by atoms with van der Waals surface area (Å²) in [6.07, 6.45) is 4.20. The second-order valence-corrected chi connectivity index (χ2v) is 3.20. The van der Waals surface area contributed by atoms with E-state index < -0.39 is 0 Å². The summed E-state index contributed by atoms with van der Waals surface area (Å²) in [5.74, 6) is 0.885. The van der Waals surface area contributed by atoms with Gasteiger partial charge in [-0.1, -0.05) is 6.08 Å². The first-order valence-electron chi connectivity index (χ1n) is 4.43.